The van der Waals surface area contributed by atoms with E-state index in [1.165, 1.54) is 23.2 Å². The predicted molar refractivity (Wildman–Crippen MR) is 116 cm³/mol. The van der Waals surface area contributed by atoms with Gasteiger partial charge in [-0.1, -0.05) is 35.6 Å². The van der Waals surface area contributed by atoms with Crippen LogP contribution in [0.2, 0.25) is 0 Å². The van der Waals surface area contributed by atoms with Crippen molar-refractivity contribution < 1.29 is 4.79 Å². The summed E-state index contributed by atoms with van der Waals surface area (Å²) in [5.74, 6) is 0.418. The molecule has 0 fully saturated rings. The highest BCUT2D eigenvalue weighted by atomic mass is 32.1. The summed E-state index contributed by atoms with van der Waals surface area (Å²) in [7, 11) is 0. The van der Waals surface area contributed by atoms with E-state index < -0.39 is 0 Å². The number of fused-ring (bicyclic) bond motifs is 1. The van der Waals surface area contributed by atoms with Crippen molar-refractivity contribution in [1.29, 1.82) is 0 Å². The van der Waals surface area contributed by atoms with Crippen molar-refractivity contribution in [2.45, 2.75) is 13.8 Å². The van der Waals surface area contributed by atoms with Gasteiger partial charge in [0.1, 0.15) is 12.0 Å². The molecule has 0 bridgehead atoms. The average Bonchev–Trinajstić information content (AvgIpc) is 3.10. The molecule has 1 amide bonds. The number of aryl methyl sites for hydroxylation is 2. The Labute approximate surface area is 171 Å². The fourth-order valence-corrected chi connectivity index (χ4v) is 3.76. The second-order valence-corrected chi connectivity index (χ2v) is 7.52. The molecule has 0 radical (unpaired) electrons. The summed E-state index contributed by atoms with van der Waals surface area (Å²) in [6, 6.07) is 13.4. The van der Waals surface area contributed by atoms with Crippen molar-refractivity contribution in [2.75, 3.05) is 16.5 Å². The first kappa shape index (κ1) is 18.6. The summed E-state index contributed by atoms with van der Waals surface area (Å²) in [5, 5.41) is 3.80. The number of thiazole rings is 1. The van der Waals surface area contributed by atoms with E-state index >= 15 is 0 Å². The van der Waals surface area contributed by atoms with Gasteiger partial charge in [-0.25, -0.2) is 15.0 Å². The molecule has 0 aliphatic heterocycles. The molecule has 0 saturated carbocycles. The van der Waals surface area contributed by atoms with Gasteiger partial charge >= 0.3 is 0 Å². The number of nitrogens with one attached hydrogen (secondary N) is 3. The van der Waals surface area contributed by atoms with Crippen LogP contribution < -0.4 is 21.9 Å². The number of aromatic nitrogens is 3. The molecule has 0 saturated heterocycles. The summed E-state index contributed by atoms with van der Waals surface area (Å²) >= 11 is 1.51. The molecule has 2 aromatic carbocycles. The predicted octanol–water partition coefficient (Wildman–Crippen LogP) is 3.79. The summed E-state index contributed by atoms with van der Waals surface area (Å²) in [6.07, 6.45) is 1.36. The molecule has 0 aliphatic carbocycles. The minimum atomic E-state index is -0.280. The maximum absolute atomic E-state index is 12.4. The first-order valence-corrected chi connectivity index (χ1v) is 9.69. The number of nitrogen functional groups attached to an aromatic ring is 1. The molecule has 146 valence electrons. The Balaban J connectivity index is 1.51. The number of nitrogens with two attached hydrogens (primary N) is 1. The Morgan fingerprint density at radius 2 is 1.86 bits per heavy atom. The van der Waals surface area contributed by atoms with Crippen molar-refractivity contribution in [1.82, 2.24) is 20.4 Å². The van der Waals surface area contributed by atoms with Crippen LogP contribution in [0.4, 0.5) is 22.5 Å². The van der Waals surface area contributed by atoms with E-state index in [1.807, 2.05) is 44.2 Å². The Bertz CT molecular complexity index is 1200. The number of amides is 1. The van der Waals surface area contributed by atoms with E-state index in [2.05, 4.69) is 37.2 Å². The maximum Gasteiger partial charge on any atom is 0.269 e. The van der Waals surface area contributed by atoms with Crippen molar-refractivity contribution in [3.63, 3.8) is 0 Å². The van der Waals surface area contributed by atoms with Gasteiger partial charge in [0.15, 0.2) is 16.8 Å². The van der Waals surface area contributed by atoms with Crippen molar-refractivity contribution in [3.8, 4) is 0 Å². The minimum absolute atomic E-state index is 0.271. The molecule has 8 nitrogen and oxygen atoms in total. The van der Waals surface area contributed by atoms with Gasteiger partial charge in [-0.05, 0) is 43.2 Å². The third-order valence-corrected chi connectivity index (χ3v) is 5.27. The first-order chi connectivity index (χ1) is 14.0. The standard InChI is InChI=1S/C20H19N7OS/c1-11-7-8-14-15(9-11)29-20(24-14)25-17-16(21)18(23-10-22-17)26-27-19(28)13-6-4-3-5-12(13)2/h3-10H,21H2,1-2H3,(H,27,28)(H2,22,23,24,25,26). The van der Waals surface area contributed by atoms with Crippen molar-refractivity contribution >= 4 is 49.9 Å². The Morgan fingerprint density at radius 3 is 2.69 bits per heavy atom. The molecular weight excluding hydrogens is 386 g/mol. The first-order valence-electron chi connectivity index (χ1n) is 8.88. The van der Waals surface area contributed by atoms with Gasteiger partial charge in [-0.2, -0.15) is 0 Å². The fraction of sp³-hybridized carbons (Fsp3) is 0.100. The Kier molecular flexibility index (Phi) is 4.96. The third kappa shape index (κ3) is 3.94. The minimum Gasteiger partial charge on any atom is -0.393 e. The lowest BCUT2D eigenvalue weighted by molar-refractivity contribution is 0.0962. The number of anilines is 4. The van der Waals surface area contributed by atoms with Crippen LogP contribution in [0.3, 0.4) is 0 Å². The van der Waals surface area contributed by atoms with Crippen molar-refractivity contribution in [2.24, 2.45) is 0 Å². The van der Waals surface area contributed by atoms with Crippen LogP contribution in [0, 0.1) is 13.8 Å². The van der Waals surface area contributed by atoms with E-state index in [0.29, 0.717) is 22.3 Å². The molecule has 0 unspecified atom stereocenters. The van der Waals surface area contributed by atoms with Crippen LogP contribution in [0.15, 0.2) is 48.8 Å². The monoisotopic (exact) mass is 405 g/mol. The quantitative estimate of drug-likeness (QED) is 0.373. The van der Waals surface area contributed by atoms with Gasteiger partial charge < -0.3 is 11.1 Å². The number of nitrogens with zero attached hydrogens (tertiary/aromatic N) is 3. The normalized spacial score (nSPS) is 10.7. The second-order valence-electron chi connectivity index (χ2n) is 6.49. The molecule has 0 aliphatic rings. The van der Waals surface area contributed by atoms with Gasteiger partial charge in [0.25, 0.3) is 5.91 Å². The lowest BCUT2D eigenvalue weighted by Crippen LogP contribution is -2.30. The highest BCUT2D eigenvalue weighted by Gasteiger charge is 2.13. The zero-order chi connectivity index (χ0) is 20.4. The van der Waals surface area contributed by atoms with Crippen LogP contribution in [-0.4, -0.2) is 20.9 Å². The van der Waals surface area contributed by atoms with E-state index in [1.54, 1.807) is 6.07 Å². The van der Waals surface area contributed by atoms with E-state index in [0.717, 1.165) is 15.8 Å². The van der Waals surface area contributed by atoms with Gasteiger partial charge in [0.05, 0.1) is 10.2 Å². The fourth-order valence-electron chi connectivity index (χ4n) is 2.79. The lowest BCUT2D eigenvalue weighted by atomic mass is 10.1. The number of carbonyl (C=O) groups is 1. The largest absolute Gasteiger partial charge is 0.393 e. The number of carbonyl (C=O) groups excluding carboxylic acids is 1. The van der Waals surface area contributed by atoms with Crippen LogP contribution >= 0.6 is 11.3 Å². The summed E-state index contributed by atoms with van der Waals surface area (Å²) in [5.41, 5.74) is 15.3. The number of hydrogen-bond acceptors (Lipinski definition) is 8. The molecule has 29 heavy (non-hydrogen) atoms. The zero-order valence-electron chi connectivity index (χ0n) is 15.9. The number of hydrazine groups is 1. The Hall–Kier alpha value is -3.72. The number of rotatable bonds is 5. The summed E-state index contributed by atoms with van der Waals surface area (Å²) < 4.78 is 1.07. The maximum atomic E-state index is 12.4. The Morgan fingerprint density at radius 1 is 1.07 bits per heavy atom. The van der Waals surface area contributed by atoms with Gasteiger partial charge in [-0.3, -0.25) is 15.6 Å². The highest BCUT2D eigenvalue weighted by molar-refractivity contribution is 7.22. The van der Waals surface area contributed by atoms with Gasteiger partial charge in [0, 0.05) is 5.56 Å². The van der Waals surface area contributed by atoms with E-state index in [-0.39, 0.29) is 11.6 Å². The van der Waals surface area contributed by atoms with E-state index in [4.69, 9.17) is 5.73 Å². The lowest BCUT2D eigenvalue weighted by Gasteiger charge is -2.12. The molecular formula is C20H19N7OS. The van der Waals surface area contributed by atoms with Crippen LogP contribution in [0.25, 0.3) is 10.2 Å². The molecule has 4 aromatic rings. The molecule has 0 atom stereocenters. The van der Waals surface area contributed by atoms with Gasteiger partial charge in [-0.15, -0.1) is 0 Å². The smallest absolute Gasteiger partial charge is 0.269 e. The highest BCUT2D eigenvalue weighted by Crippen LogP contribution is 2.31. The van der Waals surface area contributed by atoms with Crippen molar-refractivity contribution in [3.05, 3.63) is 65.5 Å². The third-order valence-electron chi connectivity index (χ3n) is 4.34. The molecule has 2 heterocycles. The van der Waals surface area contributed by atoms with Gasteiger partial charge in [0.2, 0.25) is 0 Å². The molecule has 5 N–H and O–H groups in total. The second kappa shape index (κ2) is 7.72. The topological polar surface area (TPSA) is 118 Å². The zero-order valence-corrected chi connectivity index (χ0v) is 16.7. The molecule has 0 spiro atoms. The summed E-state index contributed by atoms with van der Waals surface area (Å²) in [4.78, 5) is 25.2. The SMILES string of the molecule is Cc1ccc2nc(Nc3ncnc(NNC(=O)c4ccccc4C)c3N)sc2c1. The van der Waals surface area contributed by atoms with Crippen LogP contribution in [0.1, 0.15) is 21.5 Å². The molecule has 9 heteroatoms. The van der Waals surface area contributed by atoms with Crippen LogP contribution in [-0.2, 0) is 0 Å². The summed E-state index contributed by atoms with van der Waals surface area (Å²) in [6.45, 7) is 3.91. The number of hydrogen-bond donors (Lipinski definition) is 4. The molecule has 2 aromatic heterocycles. The van der Waals surface area contributed by atoms with E-state index in [9.17, 15) is 4.79 Å². The molecule has 4 rings (SSSR count). The number of benzene rings is 2. The average molecular weight is 405 g/mol. The van der Waals surface area contributed by atoms with Crippen LogP contribution in [0.5, 0.6) is 0 Å².